The molecule has 3 aliphatic heterocycles. The molecule has 4 aromatic rings. The standard InChI is InChI=1S/C47H57BrN4O8Si/c1-5-59-37-17-19-40-34(25-37)26-39(49-20-9-10-22-53)45(56)52(40)36-15-11-14-33(24-36)30-51-41-18-16-35(48)27-38(41)47(46(51)57)31(2)44(61(3,4)58)42(60-47)28-43(55)50(21-23-54)29-32-12-7-6-8-13-32/h6-8,11-19,24-25,27,31,39,42,44,49,53-54,58H,5,9-10,20-23,26,28-30H2,1-4H3/t31-,39?,42+,44-,47+/m0/s1. The molecule has 1 fully saturated rings. The third-order valence-electron chi connectivity index (χ3n) is 12.3. The summed E-state index contributed by atoms with van der Waals surface area (Å²) in [6, 6.07) is 28.3. The number of fused-ring (bicyclic) bond motifs is 3. The Bertz CT molecular complexity index is 2220. The van der Waals surface area contributed by atoms with Gasteiger partial charge in [0.25, 0.3) is 5.91 Å². The summed E-state index contributed by atoms with van der Waals surface area (Å²) in [5.41, 5.74) is 3.51. The van der Waals surface area contributed by atoms with Crippen LogP contribution < -0.4 is 19.9 Å². The van der Waals surface area contributed by atoms with Crippen LogP contribution in [-0.2, 0) is 44.2 Å². The van der Waals surface area contributed by atoms with Gasteiger partial charge in [-0.15, -0.1) is 0 Å². The SMILES string of the molecule is CCOc1ccc2c(c1)CC(NCCCCO)C(=O)N2c1cccc(CN2C(=O)[C@]3(O[C@H](CC(=O)N(CCO)Cc4ccccc4)[C@@H]([Si](C)(C)O)[C@@H]3C)c3cc(Br)ccc32)c1. The van der Waals surface area contributed by atoms with Crippen LogP contribution in [0, 0.1) is 5.92 Å². The monoisotopic (exact) mass is 912 g/mol. The van der Waals surface area contributed by atoms with Crippen LogP contribution in [-0.4, -0.2) is 91.0 Å². The van der Waals surface area contributed by atoms with E-state index in [1.54, 1.807) is 14.7 Å². The lowest BCUT2D eigenvalue weighted by Crippen LogP contribution is -2.49. The van der Waals surface area contributed by atoms with Gasteiger partial charge in [0.15, 0.2) is 13.9 Å². The summed E-state index contributed by atoms with van der Waals surface area (Å²) >= 11 is 3.64. The Labute approximate surface area is 367 Å². The first kappa shape index (κ1) is 44.6. The van der Waals surface area contributed by atoms with Gasteiger partial charge in [-0.25, -0.2) is 0 Å². The van der Waals surface area contributed by atoms with Crippen LogP contribution in [0.1, 0.15) is 55.4 Å². The zero-order valence-corrected chi connectivity index (χ0v) is 37.9. The van der Waals surface area contributed by atoms with Crippen LogP contribution in [0.15, 0.2) is 95.5 Å². The van der Waals surface area contributed by atoms with E-state index in [0.29, 0.717) is 49.5 Å². The molecule has 14 heteroatoms. The van der Waals surface area contributed by atoms with Crippen molar-refractivity contribution in [3.05, 3.63) is 118 Å². The summed E-state index contributed by atoms with van der Waals surface area (Å²) in [5.74, 6) is -0.354. The fourth-order valence-electron chi connectivity index (χ4n) is 9.62. The van der Waals surface area contributed by atoms with Crippen molar-refractivity contribution in [2.24, 2.45) is 5.92 Å². The molecule has 324 valence electrons. The molecule has 1 unspecified atom stereocenters. The van der Waals surface area contributed by atoms with Gasteiger partial charge in [-0.2, -0.15) is 0 Å². The second-order valence-electron chi connectivity index (χ2n) is 16.9. The predicted molar refractivity (Wildman–Crippen MR) is 241 cm³/mol. The number of hydrogen-bond acceptors (Lipinski definition) is 9. The van der Waals surface area contributed by atoms with Crippen molar-refractivity contribution in [1.82, 2.24) is 10.2 Å². The van der Waals surface area contributed by atoms with Crippen LogP contribution in [0.3, 0.4) is 0 Å². The molecule has 0 aliphatic carbocycles. The molecule has 0 radical (unpaired) electrons. The number of carbonyl (C=O) groups is 3. The highest BCUT2D eigenvalue weighted by atomic mass is 79.9. The molecule has 0 aromatic heterocycles. The van der Waals surface area contributed by atoms with E-state index in [1.165, 1.54) is 0 Å². The topological polar surface area (TPSA) is 152 Å². The third-order valence-corrected chi connectivity index (χ3v) is 15.3. The number of aliphatic hydroxyl groups excluding tert-OH is 2. The average Bonchev–Trinajstić information content (AvgIpc) is 3.65. The normalized spacial score (nSPS) is 22.2. The fraction of sp³-hybridized carbons (Fsp3) is 0.426. The van der Waals surface area contributed by atoms with Gasteiger partial charge in [0, 0.05) is 46.9 Å². The lowest BCUT2D eigenvalue weighted by molar-refractivity contribution is -0.150. The molecule has 4 N–H and O–H groups in total. The van der Waals surface area contributed by atoms with E-state index in [1.807, 2.05) is 118 Å². The number of amides is 3. The highest BCUT2D eigenvalue weighted by Crippen LogP contribution is 2.60. The average molecular weight is 914 g/mol. The fourth-order valence-corrected chi connectivity index (χ4v) is 12.5. The maximum absolute atomic E-state index is 15.3. The minimum Gasteiger partial charge on any atom is -0.494 e. The van der Waals surface area contributed by atoms with Gasteiger partial charge in [0.1, 0.15) is 5.75 Å². The number of anilines is 3. The lowest BCUT2D eigenvalue weighted by atomic mass is 9.82. The quantitative estimate of drug-likeness (QED) is 0.0683. The van der Waals surface area contributed by atoms with Crippen molar-refractivity contribution in [3.8, 4) is 5.75 Å². The molecule has 1 spiro atoms. The molecule has 3 heterocycles. The molecule has 5 atom stereocenters. The third kappa shape index (κ3) is 9.08. The molecule has 4 aromatic carbocycles. The first-order valence-corrected chi connectivity index (χ1v) is 25.1. The van der Waals surface area contributed by atoms with E-state index < -0.39 is 37.5 Å². The minimum absolute atomic E-state index is 0.0616. The summed E-state index contributed by atoms with van der Waals surface area (Å²) < 4.78 is 13.6. The Balaban J connectivity index is 1.20. The van der Waals surface area contributed by atoms with E-state index >= 15 is 4.79 Å². The maximum atomic E-state index is 15.3. The first-order chi connectivity index (χ1) is 29.3. The molecular weight excluding hydrogens is 857 g/mol. The highest BCUT2D eigenvalue weighted by Gasteiger charge is 2.66. The Morgan fingerprint density at radius 1 is 0.967 bits per heavy atom. The predicted octanol–water partition coefficient (Wildman–Crippen LogP) is 6.56. The summed E-state index contributed by atoms with van der Waals surface area (Å²) in [7, 11) is -3.08. The van der Waals surface area contributed by atoms with E-state index in [9.17, 15) is 24.6 Å². The van der Waals surface area contributed by atoms with Crippen molar-refractivity contribution in [1.29, 1.82) is 0 Å². The molecule has 3 amide bonds. The highest BCUT2D eigenvalue weighted by molar-refractivity contribution is 9.10. The second-order valence-corrected chi connectivity index (χ2v) is 21.7. The van der Waals surface area contributed by atoms with Gasteiger partial charge in [-0.05, 0) is 111 Å². The number of nitrogens with one attached hydrogen (secondary N) is 1. The summed E-state index contributed by atoms with van der Waals surface area (Å²) in [5, 5.41) is 22.7. The first-order valence-electron chi connectivity index (χ1n) is 21.3. The largest absolute Gasteiger partial charge is 0.494 e. The van der Waals surface area contributed by atoms with Crippen LogP contribution >= 0.6 is 15.9 Å². The van der Waals surface area contributed by atoms with Gasteiger partial charge in [0.05, 0.1) is 49.7 Å². The van der Waals surface area contributed by atoms with Crippen molar-refractivity contribution < 1.29 is 38.9 Å². The Morgan fingerprint density at radius 2 is 1.72 bits per heavy atom. The number of ether oxygens (including phenoxy) is 2. The number of nitrogens with zero attached hydrogens (tertiary/aromatic N) is 3. The number of halogens is 1. The summed E-state index contributed by atoms with van der Waals surface area (Å²) in [4.78, 5) is 60.6. The van der Waals surface area contributed by atoms with E-state index in [-0.39, 0.29) is 50.4 Å². The van der Waals surface area contributed by atoms with Crippen LogP contribution in [0.25, 0.3) is 0 Å². The summed E-state index contributed by atoms with van der Waals surface area (Å²) in [6.07, 6.45) is 1.05. The smallest absolute Gasteiger partial charge is 0.264 e. The van der Waals surface area contributed by atoms with Crippen molar-refractivity contribution in [3.63, 3.8) is 0 Å². The molecule has 0 saturated carbocycles. The van der Waals surface area contributed by atoms with Crippen molar-refractivity contribution >= 4 is 59.0 Å². The van der Waals surface area contributed by atoms with Gasteiger partial charge < -0.3 is 39.6 Å². The van der Waals surface area contributed by atoms with Crippen LogP contribution in [0.4, 0.5) is 17.1 Å². The molecule has 12 nitrogen and oxygen atoms in total. The Hall–Kier alpha value is -4.41. The molecule has 61 heavy (non-hydrogen) atoms. The number of rotatable bonds is 17. The van der Waals surface area contributed by atoms with Crippen molar-refractivity contribution in [2.75, 3.05) is 42.7 Å². The van der Waals surface area contributed by atoms with Crippen LogP contribution in [0.2, 0.25) is 18.6 Å². The molecular formula is C47H57BrN4O8Si. The molecule has 3 aliphatic rings. The number of benzene rings is 4. The van der Waals surface area contributed by atoms with Gasteiger partial charge in [-0.1, -0.05) is 65.3 Å². The van der Waals surface area contributed by atoms with Crippen molar-refractivity contribution in [2.45, 2.75) is 89.0 Å². The van der Waals surface area contributed by atoms with Gasteiger partial charge in [-0.3, -0.25) is 19.3 Å². The number of unbranched alkanes of at least 4 members (excludes halogenated alkanes) is 1. The van der Waals surface area contributed by atoms with E-state index in [4.69, 9.17) is 9.47 Å². The number of hydrogen-bond donors (Lipinski definition) is 4. The second kappa shape index (κ2) is 18.9. The van der Waals surface area contributed by atoms with Gasteiger partial charge >= 0.3 is 0 Å². The van der Waals surface area contributed by atoms with E-state index in [2.05, 4.69) is 21.2 Å². The zero-order valence-electron chi connectivity index (χ0n) is 35.4. The summed E-state index contributed by atoms with van der Waals surface area (Å²) in [6.45, 7) is 9.16. The molecule has 0 bridgehead atoms. The minimum atomic E-state index is -3.08. The van der Waals surface area contributed by atoms with Crippen LogP contribution in [0.5, 0.6) is 5.75 Å². The van der Waals surface area contributed by atoms with Gasteiger partial charge in [0.2, 0.25) is 11.8 Å². The Morgan fingerprint density at radius 3 is 2.44 bits per heavy atom. The maximum Gasteiger partial charge on any atom is 0.264 e. The molecule has 7 rings (SSSR count). The molecule has 1 saturated heterocycles. The van der Waals surface area contributed by atoms with E-state index in [0.717, 1.165) is 39.0 Å². The number of carbonyl (C=O) groups excluding carboxylic acids is 3. The Kier molecular flexibility index (Phi) is 13.8. The number of aliphatic hydroxyl groups is 2. The lowest BCUT2D eigenvalue weighted by Gasteiger charge is -2.35. The zero-order chi connectivity index (χ0) is 43.5.